The summed E-state index contributed by atoms with van der Waals surface area (Å²) in [4.78, 5) is 0. The summed E-state index contributed by atoms with van der Waals surface area (Å²) in [7, 11) is -1.54. The van der Waals surface area contributed by atoms with Crippen LogP contribution in [0.4, 0.5) is 0 Å². The van der Waals surface area contributed by atoms with Gasteiger partial charge in [0, 0.05) is 6.42 Å². The maximum Gasteiger partial charge on any atom is 0.184 e. The van der Waals surface area contributed by atoms with E-state index in [1.165, 1.54) is 0 Å². The van der Waals surface area contributed by atoms with E-state index >= 15 is 0 Å². The van der Waals surface area contributed by atoms with Crippen LogP contribution < -0.4 is 0 Å². The minimum absolute atomic E-state index is 0.0316. The van der Waals surface area contributed by atoms with Crippen molar-refractivity contribution in [3.63, 3.8) is 0 Å². The van der Waals surface area contributed by atoms with E-state index in [0.29, 0.717) is 0 Å². The van der Waals surface area contributed by atoms with Crippen LogP contribution in [0.1, 0.15) is 25.2 Å². The van der Waals surface area contributed by atoms with Gasteiger partial charge in [-0.05, 0) is 38.7 Å². The zero-order valence-corrected chi connectivity index (χ0v) is 11.0. The lowest BCUT2D eigenvalue weighted by Gasteiger charge is -2.25. The van der Waals surface area contributed by atoms with Crippen LogP contribution in [0.2, 0.25) is 19.6 Å². The number of hydrogen-bond acceptors (Lipinski definition) is 2. The first-order chi connectivity index (χ1) is 6.88. The van der Waals surface area contributed by atoms with Gasteiger partial charge >= 0.3 is 0 Å². The first kappa shape index (κ1) is 12.3. The van der Waals surface area contributed by atoms with Crippen LogP contribution in [0.25, 0.3) is 0 Å². The van der Waals surface area contributed by atoms with Gasteiger partial charge in [0.2, 0.25) is 0 Å². The van der Waals surface area contributed by atoms with Crippen molar-refractivity contribution < 1.29 is 8.84 Å². The molecule has 0 bridgehead atoms. The Hall–Kier alpha value is -0.803. The van der Waals surface area contributed by atoms with Crippen molar-refractivity contribution >= 4 is 8.32 Å². The van der Waals surface area contributed by atoms with Crippen molar-refractivity contribution in [3.05, 3.63) is 36.3 Å². The Labute approximate surface area is 93.1 Å². The second kappa shape index (κ2) is 4.81. The molecule has 0 aliphatic rings. The van der Waals surface area contributed by atoms with E-state index in [4.69, 9.17) is 8.84 Å². The van der Waals surface area contributed by atoms with E-state index < -0.39 is 8.32 Å². The van der Waals surface area contributed by atoms with Crippen molar-refractivity contribution in [3.8, 4) is 0 Å². The molecule has 0 aliphatic heterocycles. The lowest BCUT2D eigenvalue weighted by atomic mass is 10.1. The molecule has 0 radical (unpaired) electrons. The van der Waals surface area contributed by atoms with Gasteiger partial charge in [0.05, 0.1) is 6.26 Å². The van der Waals surface area contributed by atoms with Gasteiger partial charge in [-0.15, -0.1) is 6.58 Å². The number of rotatable bonds is 5. The normalized spacial score (nSPS) is 13.9. The lowest BCUT2D eigenvalue weighted by molar-refractivity contribution is 0.169. The average molecular weight is 224 g/mol. The molecule has 0 saturated carbocycles. The van der Waals surface area contributed by atoms with Gasteiger partial charge in [-0.3, -0.25) is 0 Å². The van der Waals surface area contributed by atoms with Crippen molar-refractivity contribution in [1.82, 2.24) is 0 Å². The van der Waals surface area contributed by atoms with Gasteiger partial charge < -0.3 is 8.84 Å². The standard InChI is InChI=1S/C12H20O2Si/c1-10(2)9-12(14-15(3,4)5)11-7-6-8-13-11/h6-8,12H,1,9H2,2-5H3. The third kappa shape index (κ3) is 4.49. The second-order valence-electron chi connectivity index (χ2n) is 4.90. The zero-order valence-electron chi connectivity index (χ0n) is 10.0. The Morgan fingerprint density at radius 3 is 2.60 bits per heavy atom. The predicted octanol–water partition coefficient (Wildman–Crippen LogP) is 4.14. The summed E-state index contributed by atoms with van der Waals surface area (Å²) < 4.78 is 11.5. The molecule has 0 N–H and O–H groups in total. The van der Waals surface area contributed by atoms with Crippen LogP contribution >= 0.6 is 0 Å². The molecule has 0 fully saturated rings. The smallest absolute Gasteiger partial charge is 0.184 e. The van der Waals surface area contributed by atoms with Crippen LogP contribution in [0, 0.1) is 0 Å². The molecule has 0 saturated heterocycles. The molecule has 0 spiro atoms. The molecule has 84 valence electrons. The van der Waals surface area contributed by atoms with Gasteiger partial charge in [0.25, 0.3) is 0 Å². The van der Waals surface area contributed by atoms with Crippen LogP contribution in [0.5, 0.6) is 0 Å². The predicted molar refractivity (Wildman–Crippen MR) is 65.3 cm³/mol. The summed E-state index contributed by atoms with van der Waals surface area (Å²) in [5.74, 6) is 0.903. The van der Waals surface area contributed by atoms with Gasteiger partial charge in [-0.25, -0.2) is 0 Å². The first-order valence-corrected chi connectivity index (χ1v) is 8.65. The molecule has 1 rings (SSSR count). The molecule has 1 unspecified atom stereocenters. The van der Waals surface area contributed by atoms with Crippen molar-refractivity contribution in [2.24, 2.45) is 0 Å². The fraction of sp³-hybridized carbons (Fsp3) is 0.500. The first-order valence-electron chi connectivity index (χ1n) is 5.24. The van der Waals surface area contributed by atoms with Crippen LogP contribution in [-0.4, -0.2) is 8.32 Å². The molecule has 0 aliphatic carbocycles. The minimum atomic E-state index is -1.54. The Balaban J connectivity index is 2.75. The Bertz CT molecular complexity index is 309. The zero-order chi connectivity index (χ0) is 11.5. The highest BCUT2D eigenvalue weighted by Crippen LogP contribution is 2.28. The van der Waals surface area contributed by atoms with Gasteiger partial charge in [0.1, 0.15) is 11.9 Å². The Morgan fingerprint density at radius 1 is 1.53 bits per heavy atom. The Morgan fingerprint density at radius 2 is 2.20 bits per heavy atom. The molecule has 1 atom stereocenters. The molecule has 0 amide bonds. The monoisotopic (exact) mass is 224 g/mol. The highest BCUT2D eigenvalue weighted by atomic mass is 28.4. The molecule has 15 heavy (non-hydrogen) atoms. The third-order valence-electron chi connectivity index (χ3n) is 1.89. The number of furan rings is 1. The summed E-state index contributed by atoms with van der Waals surface area (Å²) in [6.07, 6.45) is 2.55. The second-order valence-corrected chi connectivity index (χ2v) is 9.36. The fourth-order valence-electron chi connectivity index (χ4n) is 1.42. The maximum absolute atomic E-state index is 6.08. The van der Waals surface area contributed by atoms with E-state index in [0.717, 1.165) is 17.8 Å². The summed E-state index contributed by atoms with van der Waals surface area (Å²) in [6.45, 7) is 12.5. The summed E-state index contributed by atoms with van der Waals surface area (Å²) in [5, 5.41) is 0. The van der Waals surface area contributed by atoms with Crippen LogP contribution in [-0.2, 0) is 4.43 Å². The summed E-state index contributed by atoms with van der Waals surface area (Å²) in [6, 6.07) is 3.86. The summed E-state index contributed by atoms with van der Waals surface area (Å²) in [5.41, 5.74) is 1.12. The van der Waals surface area contributed by atoms with E-state index in [1.54, 1.807) is 6.26 Å². The largest absolute Gasteiger partial charge is 0.467 e. The quantitative estimate of drug-likeness (QED) is 0.554. The minimum Gasteiger partial charge on any atom is -0.467 e. The van der Waals surface area contributed by atoms with Gasteiger partial charge in [-0.2, -0.15) is 0 Å². The third-order valence-corrected chi connectivity index (χ3v) is 2.88. The molecule has 2 nitrogen and oxygen atoms in total. The van der Waals surface area contributed by atoms with Gasteiger partial charge in [-0.1, -0.05) is 5.57 Å². The topological polar surface area (TPSA) is 22.4 Å². The SMILES string of the molecule is C=C(C)CC(O[Si](C)(C)C)c1ccco1. The van der Waals surface area contributed by atoms with Crippen molar-refractivity contribution in [2.75, 3.05) is 0 Å². The number of hydrogen-bond donors (Lipinski definition) is 0. The summed E-state index contributed by atoms with van der Waals surface area (Å²) >= 11 is 0. The van der Waals surface area contributed by atoms with E-state index in [2.05, 4.69) is 26.2 Å². The van der Waals surface area contributed by atoms with Crippen LogP contribution in [0.3, 0.4) is 0 Å². The molecule has 3 heteroatoms. The average Bonchev–Trinajstić information content (AvgIpc) is 2.50. The molecular formula is C12H20O2Si. The molecule has 1 aromatic heterocycles. The lowest BCUT2D eigenvalue weighted by Crippen LogP contribution is -2.28. The van der Waals surface area contributed by atoms with Crippen LogP contribution in [0.15, 0.2) is 35.0 Å². The maximum atomic E-state index is 6.08. The highest BCUT2D eigenvalue weighted by Gasteiger charge is 2.24. The Kier molecular flexibility index (Phi) is 3.94. The highest BCUT2D eigenvalue weighted by molar-refractivity contribution is 6.69. The van der Waals surface area contributed by atoms with E-state index in [1.807, 2.05) is 19.1 Å². The molecule has 1 aromatic rings. The molecule has 0 aromatic carbocycles. The molecule has 1 heterocycles. The van der Waals surface area contributed by atoms with Gasteiger partial charge in [0.15, 0.2) is 8.32 Å². The van der Waals surface area contributed by atoms with E-state index in [9.17, 15) is 0 Å². The van der Waals surface area contributed by atoms with Crippen molar-refractivity contribution in [1.29, 1.82) is 0 Å². The van der Waals surface area contributed by atoms with E-state index in [-0.39, 0.29) is 6.10 Å². The fourth-order valence-corrected chi connectivity index (χ4v) is 2.47. The molecular weight excluding hydrogens is 204 g/mol. The van der Waals surface area contributed by atoms with Crippen molar-refractivity contribution in [2.45, 2.75) is 39.1 Å².